The van der Waals surface area contributed by atoms with Gasteiger partial charge in [-0.15, -0.1) is 17.0 Å². The van der Waals surface area contributed by atoms with Gasteiger partial charge in [-0.3, -0.25) is 19.2 Å². The van der Waals surface area contributed by atoms with E-state index in [4.69, 9.17) is 35.3 Å². The van der Waals surface area contributed by atoms with Crippen LogP contribution < -0.4 is 30.6 Å². The molecule has 11 aromatic carbocycles. The molecule has 1 aromatic heterocycles. The maximum atomic E-state index is 11.5. The first-order valence-corrected chi connectivity index (χ1v) is 30.6. The van der Waals surface area contributed by atoms with E-state index in [1.165, 1.54) is 34.3 Å². The Hall–Kier alpha value is -11.3. The van der Waals surface area contributed by atoms with Crippen molar-refractivity contribution in [2.45, 2.75) is 13.8 Å². The largest absolute Gasteiger partial charge is 0.508 e. The number of carbonyl (C=O) groups excluding carboxylic acids is 4. The van der Waals surface area contributed by atoms with Crippen LogP contribution in [0.4, 0.5) is 0 Å². The highest BCUT2D eigenvalue weighted by molar-refractivity contribution is 8.93. The molecule has 3 amide bonds. The van der Waals surface area contributed by atoms with Gasteiger partial charge < -0.3 is 55.8 Å². The number of carbonyl (C=O) groups is 4. The Labute approximate surface area is 581 Å². The fourth-order valence-corrected chi connectivity index (χ4v) is 7.71. The molecule has 0 saturated heterocycles. The van der Waals surface area contributed by atoms with Crippen molar-refractivity contribution in [3.05, 3.63) is 343 Å². The Morgan fingerprint density at radius 1 is 0.443 bits per heavy atom. The third-order valence-corrected chi connectivity index (χ3v) is 12.7. The molecule has 8 N–H and O–H groups in total. The molecule has 0 aliphatic carbocycles. The summed E-state index contributed by atoms with van der Waals surface area (Å²) in [6.45, 7) is 5.42. The third-order valence-electron chi connectivity index (χ3n) is 12.7. The monoisotopic (exact) mass is 1370 g/mol. The number of nitrogens with zero attached hydrogens (tertiary/aromatic N) is 1. The standard InChI is InChI=1S/C11H16N2O.C10H8.C9H11NO2.C8H7N.C8H10O.C8H8O.C7H7NO.C7H8O2.C7H8O.C6H6O.BrH/c1-13(2)9-8-12-11(14)10-6-4-3-5-7-10;1-2-6-10-8-4-3-7-9(10)5-1;11-7-6-10-9(12)8-4-2-1-3-5-8;1-2-4-8-7(3-1)5-6-9-8;1-7-4-3-5-8(6-7)9-2;1-7(9)8-5-3-2-4-6-8;8-7(9)6-4-2-1-3-5-6;1-9-7-5-3-2-4-6(7)8;1-8-7-5-3-2-4-6-7;7-6-4-2-1-3-5-6;/h3-7H,8-9H2,1-2H3,(H,12,14);1-8H;1-5,11H,6-7H2,(H,10,12);1-6,9H;3-6H,1-2H3;2-6H,1H3;1-5H,(H2,8,9);2-5,8H,1H3;2-6H,1H3;1-5,7H;1H. The van der Waals surface area contributed by atoms with Gasteiger partial charge in [0.1, 0.15) is 17.2 Å². The van der Waals surface area contributed by atoms with Crippen LogP contribution in [0.25, 0.3) is 21.7 Å². The topological polar surface area (TPSA) is 226 Å². The number of benzene rings is 11. The number of para-hydroxylation sites is 5. The zero-order valence-electron chi connectivity index (χ0n) is 56.0. The van der Waals surface area contributed by atoms with Crippen LogP contribution in [0.1, 0.15) is 53.9 Å². The van der Waals surface area contributed by atoms with Crippen molar-refractivity contribution in [3.63, 3.8) is 0 Å². The number of aliphatic hydroxyl groups is 1. The quantitative estimate of drug-likeness (QED) is 0.0570. The van der Waals surface area contributed by atoms with Crippen LogP contribution in [-0.4, -0.2) is 110 Å². The zero-order valence-corrected chi connectivity index (χ0v) is 57.7. The Kier molecular flexibility index (Phi) is 43.1. The first-order chi connectivity index (χ1) is 46.6. The Morgan fingerprint density at radius 2 is 0.835 bits per heavy atom. The van der Waals surface area contributed by atoms with Crippen molar-refractivity contribution in [2.75, 3.05) is 61.7 Å². The van der Waals surface area contributed by atoms with Crippen molar-refractivity contribution in [2.24, 2.45) is 5.73 Å². The summed E-state index contributed by atoms with van der Waals surface area (Å²) in [5, 5.41) is 35.4. The zero-order chi connectivity index (χ0) is 69.8. The number of likely N-dealkylation sites (N-methyl/N-ethyl adjacent to an activating group) is 1. The van der Waals surface area contributed by atoms with Gasteiger partial charge in [0.25, 0.3) is 11.8 Å². The van der Waals surface area contributed by atoms with Gasteiger partial charge in [0.15, 0.2) is 17.3 Å². The molecule has 0 unspecified atom stereocenters. The van der Waals surface area contributed by atoms with E-state index in [0.29, 0.717) is 41.3 Å². The summed E-state index contributed by atoms with van der Waals surface area (Å²) in [5.41, 5.74) is 10.1. The molecular weight excluding hydrogens is 1280 g/mol. The van der Waals surface area contributed by atoms with Crippen molar-refractivity contribution in [3.8, 4) is 28.7 Å². The molecular formula is C81H90BrN5O10. The second-order valence-electron chi connectivity index (χ2n) is 20.4. The molecule has 0 aliphatic heterocycles. The number of halogens is 1. The molecule has 0 saturated carbocycles. The van der Waals surface area contributed by atoms with E-state index in [1.54, 1.807) is 118 Å². The van der Waals surface area contributed by atoms with Crippen LogP contribution in [0.2, 0.25) is 0 Å². The van der Waals surface area contributed by atoms with E-state index in [2.05, 4.69) is 82.3 Å². The number of fused-ring (bicyclic) bond motifs is 2. The summed E-state index contributed by atoms with van der Waals surface area (Å²) >= 11 is 0. The van der Waals surface area contributed by atoms with E-state index in [0.717, 1.165) is 23.6 Å². The van der Waals surface area contributed by atoms with Gasteiger partial charge in [-0.25, -0.2) is 0 Å². The summed E-state index contributed by atoms with van der Waals surface area (Å²) in [7, 11) is 8.82. The van der Waals surface area contributed by atoms with Crippen molar-refractivity contribution in [1.29, 1.82) is 0 Å². The molecule has 12 rings (SSSR count). The van der Waals surface area contributed by atoms with Crippen LogP contribution in [0.15, 0.2) is 316 Å². The second kappa shape index (κ2) is 51.2. The SMILES string of the molecule is Br.CC(=O)c1ccccc1.CN(C)CCNC(=O)c1ccccc1.COc1cccc(C)c1.COc1ccccc1.COc1ccccc1O.NC(=O)c1ccccc1.O=C(NCCO)c1ccccc1.Oc1ccccc1.c1ccc2[nH]ccc2c1.c1ccc2ccccc2c1. The average Bonchev–Trinajstić information content (AvgIpc) is 2.15. The number of methoxy groups -OCH3 is 3. The van der Waals surface area contributed by atoms with Crippen LogP contribution in [0.3, 0.4) is 0 Å². The number of phenolic OH excluding ortho intramolecular Hbond substituents is 2. The molecule has 0 radical (unpaired) electrons. The summed E-state index contributed by atoms with van der Waals surface area (Å²) in [6.07, 6.45) is 1.95. The molecule has 0 bridgehead atoms. The molecule has 0 spiro atoms. The van der Waals surface area contributed by atoms with Gasteiger partial charge in [0.2, 0.25) is 5.91 Å². The lowest BCUT2D eigenvalue weighted by Gasteiger charge is -2.10. The Balaban J connectivity index is 0.000000368. The number of H-pyrrole nitrogens is 1. The molecule has 15 nitrogen and oxygen atoms in total. The fraction of sp³-hybridized carbons (Fsp3) is 0.136. The van der Waals surface area contributed by atoms with Gasteiger partial charge in [-0.05, 0) is 147 Å². The molecule has 12 aromatic rings. The smallest absolute Gasteiger partial charge is 0.251 e. The predicted octanol–water partition coefficient (Wildman–Crippen LogP) is 16.1. The van der Waals surface area contributed by atoms with Crippen LogP contribution >= 0.6 is 17.0 Å². The molecule has 0 aliphatic rings. The number of hydrogen-bond acceptors (Lipinski definition) is 11. The number of aromatic amines is 1. The number of aryl methyl sites for hydroxylation is 1. The molecule has 16 heteroatoms. The first kappa shape index (κ1) is 81.8. The average molecular weight is 1370 g/mol. The molecule has 506 valence electrons. The number of phenols is 2. The molecule has 0 atom stereocenters. The molecule has 1 heterocycles. The number of nitrogens with two attached hydrogens (primary N) is 1. The number of ether oxygens (including phenoxy) is 3. The minimum atomic E-state index is -0.379. The lowest BCUT2D eigenvalue weighted by Crippen LogP contribution is -2.31. The van der Waals surface area contributed by atoms with Crippen LogP contribution in [0.5, 0.6) is 28.7 Å². The number of rotatable bonds is 12. The van der Waals surface area contributed by atoms with E-state index >= 15 is 0 Å². The van der Waals surface area contributed by atoms with E-state index < -0.39 is 0 Å². The van der Waals surface area contributed by atoms with Crippen molar-refractivity contribution < 1.29 is 48.7 Å². The Bertz CT molecular complexity index is 3840. The van der Waals surface area contributed by atoms with E-state index in [1.807, 2.05) is 178 Å². The number of Topliss-reactive ketones (excluding diaryl/α,β-unsaturated/α-hetero) is 1. The third kappa shape index (κ3) is 37.3. The second-order valence-corrected chi connectivity index (χ2v) is 20.4. The number of amides is 3. The summed E-state index contributed by atoms with van der Waals surface area (Å²) in [6, 6.07) is 96.3. The minimum absolute atomic E-state index is 0. The maximum Gasteiger partial charge on any atom is 0.251 e. The Morgan fingerprint density at radius 3 is 1.18 bits per heavy atom. The maximum absolute atomic E-state index is 11.5. The fourth-order valence-electron chi connectivity index (χ4n) is 7.71. The number of aliphatic hydroxyl groups excluding tert-OH is 1. The van der Waals surface area contributed by atoms with Gasteiger partial charge >= 0.3 is 0 Å². The summed E-state index contributed by atoms with van der Waals surface area (Å²) < 4.78 is 14.7. The highest BCUT2D eigenvalue weighted by Crippen LogP contribution is 2.23. The predicted molar refractivity (Wildman–Crippen MR) is 401 cm³/mol. The number of aromatic hydroxyl groups is 2. The minimum Gasteiger partial charge on any atom is -0.508 e. The van der Waals surface area contributed by atoms with Gasteiger partial charge in [-0.1, -0.05) is 212 Å². The highest BCUT2D eigenvalue weighted by atomic mass is 79.9. The van der Waals surface area contributed by atoms with Gasteiger partial charge in [0, 0.05) is 53.6 Å². The van der Waals surface area contributed by atoms with Crippen LogP contribution in [0, 0.1) is 6.92 Å². The first-order valence-electron chi connectivity index (χ1n) is 30.6. The lowest BCUT2D eigenvalue weighted by molar-refractivity contribution is 0.0939. The van der Waals surface area contributed by atoms with Gasteiger partial charge in [0.05, 0.1) is 27.9 Å². The number of primary amides is 1. The highest BCUT2D eigenvalue weighted by Gasteiger charge is 2.04. The number of aromatic nitrogens is 1. The number of hydrogen-bond donors (Lipinski definition) is 7. The number of nitrogens with one attached hydrogen (secondary N) is 3. The molecule has 97 heavy (non-hydrogen) atoms. The normalized spacial score (nSPS) is 9.29. The van der Waals surface area contributed by atoms with E-state index in [9.17, 15) is 19.2 Å². The van der Waals surface area contributed by atoms with E-state index in [-0.39, 0.29) is 52.8 Å². The molecule has 0 fully saturated rings. The lowest BCUT2D eigenvalue weighted by atomic mass is 10.1. The van der Waals surface area contributed by atoms with Gasteiger partial charge in [-0.2, -0.15) is 0 Å². The van der Waals surface area contributed by atoms with Crippen molar-refractivity contribution in [1.82, 2.24) is 20.5 Å². The number of ketones is 1. The summed E-state index contributed by atoms with van der Waals surface area (Å²) in [4.78, 5) is 48.9. The van der Waals surface area contributed by atoms with Crippen LogP contribution in [-0.2, 0) is 0 Å². The summed E-state index contributed by atoms with van der Waals surface area (Å²) in [5.74, 6) is 2.44. The van der Waals surface area contributed by atoms with Crippen molar-refractivity contribution >= 4 is 62.2 Å².